The Morgan fingerprint density at radius 1 is 1.21 bits per heavy atom. The van der Waals surface area contributed by atoms with Crippen molar-refractivity contribution in [2.75, 3.05) is 19.0 Å². The predicted octanol–water partition coefficient (Wildman–Crippen LogP) is 3.45. The lowest BCUT2D eigenvalue weighted by atomic mass is 10.1. The third-order valence-corrected chi connectivity index (χ3v) is 3.15. The smallest absolute Gasteiger partial charge is 0.218 e. The van der Waals surface area contributed by atoms with Crippen LogP contribution in [0.2, 0.25) is 10.0 Å². The number of ether oxygens (including phenoxy) is 1. The fraction of sp³-hybridized carbons (Fsp3) is 0.231. The highest BCUT2D eigenvalue weighted by molar-refractivity contribution is 6.35. The molecule has 100 valence electrons. The zero-order chi connectivity index (χ0) is 13.7. The van der Waals surface area contributed by atoms with Crippen LogP contribution >= 0.6 is 23.2 Å². The second-order valence-electron chi connectivity index (χ2n) is 3.86. The standard InChI is InChI=1S/C13H13Cl2N3O/c1-19-13-7-12(17-8-18-13)16-5-4-9-2-3-10(14)6-11(9)15/h2-3,6-8H,4-5H2,1H3,(H,16,17,18). The second kappa shape index (κ2) is 6.59. The molecular formula is C13H13Cl2N3O. The van der Waals surface area contributed by atoms with E-state index in [9.17, 15) is 0 Å². The molecule has 0 unspecified atom stereocenters. The van der Waals surface area contributed by atoms with Gasteiger partial charge in [0.2, 0.25) is 5.88 Å². The molecule has 1 N–H and O–H groups in total. The fourth-order valence-corrected chi connectivity index (χ4v) is 2.10. The molecule has 0 bridgehead atoms. The molecule has 0 radical (unpaired) electrons. The SMILES string of the molecule is COc1cc(NCCc2ccc(Cl)cc2Cl)ncn1. The van der Waals surface area contributed by atoms with E-state index in [2.05, 4.69) is 15.3 Å². The number of methoxy groups -OCH3 is 1. The monoisotopic (exact) mass is 297 g/mol. The van der Waals surface area contributed by atoms with Crippen molar-refractivity contribution in [1.82, 2.24) is 9.97 Å². The van der Waals surface area contributed by atoms with Crippen LogP contribution in [0.15, 0.2) is 30.6 Å². The summed E-state index contributed by atoms with van der Waals surface area (Å²) >= 11 is 12.0. The van der Waals surface area contributed by atoms with E-state index in [1.165, 1.54) is 6.33 Å². The third-order valence-electron chi connectivity index (χ3n) is 2.57. The molecule has 2 rings (SSSR count). The van der Waals surface area contributed by atoms with E-state index in [0.717, 1.165) is 17.8 Å². The van der Waals surface area contributed by atoms with E-state index in [1.807, 2.05) is 12.1 Å². The van der Waals surface area contributed by atoms with E-state index in [1.54, 1.807) is 19.2 Å². The predicted molar refractivity (Wildman–Crippen MR) is 77.2 cm³/mol. The fourth-order valence-electron chi connectivity index (χ4n) is 1.60. The van der Waals surface area contributed by atoms with Gasteiger partial charge >= 0.3 is 0 Å². The van der Waals surface area contributed by atoms with Gasteiger partial charge in [-0.25, -0.2) is 9.97 Å². The van der Waals surface area contributed by atoms with Crippen LogP contribution in [0, 0.1) is 0 Å². The zero-order valence-corrected chi connectivity index (χ0v) is 11.9. The van der Waals surface area contributed by atoms with Gasteiger partial charge in [-0.2, -0.15) is 0 Å². The highest BCUT2D eigenvalue weighted by atomic mass is 35.5. The molecule has 0 aliphatic heterocycles. The van der Waals surface area contributed by atoms with Crippen molar-refractivity contribution in [2.45, 2.75) is 6.42 Å². The first kappa shape index (κ1) is 13.9. The maximum absolute atomic E-state index is 6.10. The first-order valence-corrected chi connectivity index (χ1v) is 6.48. The summed E-state index contributed by atoms with van der Waals surface area (Å²) in [5.41, 5.74) is 1.04. The Morgan fingerprint density at radius 2 is 2.05 bits per heavy atom. The van der Waals surface area contributed by atoms with Gasteiger partial charge in [-0.3, -0.25) is 0 Å². The van der Waals surface area contributed by atoms with Crippen molar-refractivity contribution in [2.24, 2.45) is 0 Å². The molecule has 2 aromatic rings. The molecule has 0 atom stereocenters. The van der Waals surface area contributed by atoms with Crippen LogP contribution < -0.4 is 10.1 Å². The van der Waals surface area contributed by atoms with Crippen molar-refractivity contribution in [3.05, 3.63) is 46.2 Å². The van der Waals surface area contributed by atoms with Crippen LogP contribution in [0.4, 0.5) is 5.82 Å². The quantitative estimate of drug-likeness (QED) is 0.918. The van der Waals surface area contributed by atoms with E-state index in [4.69, 9.17) is 27.9 Å². The molecule has 6 heteroatoms. The molecular weight excluding hydrogens is 285 g/mol. The Morgan fingerprint density at radius 3 is 2.79 bits per heavy atom. The third kappa shape index (κ3) is 3.98. The molecule has 1 heterocycles. The van der Waals surface area contributed by atoms with Gasteiger partial charge in [-0.15, -0.1) is 0 Å². The molecule has 19 heavy (non-hydrogen) atoms. The highest BCUT2D eigenvalue weighted by Gasteiger charge is 2.02. The lowest BCUT2D eigenvalue weighted by molar-refractivity contribution is 0.397. The summed E-state index contributed by atoms with van der Waals surface area (Å²) in [6, 6.07) is 7.24. The molecule has 1 aromatic heterocycles. The van der Waals surface area contributed by atoms with Gasteiger partial charge in [-0.1, -0.05) is 29.3 Å². The summed E-state index contributed by atoms with van der Waals surface area (Å²) in [6.07, 6.45) is 2.23. The molecule has 0 saturated carbocycles. The summed E-state index contributed by atoms with van der Waals surface area (Å²) in [5, 5.41) is 4.50. The van der Waals surface area contributed by atoms with Gasteiger partial charge in [0.15, 0.2) is 0 Å². The minimum Gasteiger partial charge on any atom is -0.481 e. The number of halogens is 2. The van der Waals surface area contributed by atoms with Crippen molar-refractivity contribution >= 4 is 29.0 Å². The number of rotatable bonds is 5. The maximum Gasteiger partial charge on any atom is 0.218 e. The molecule has 0 aliphatic carbocycles. The molecule has 4 nitrogen and oxygen atoms in total. The van der Waals surface area contributed by atoms with Gasteiger partial charge in [0.25, 0.3) is 0 Å². The van der Waals surface area contributed by atoms with Crippen LogP contribution in [-0.4, -0.2) is 23.6 Å². The number of nitrogens with one attached hydrogen (secondary N) is 1. The number of benzene rings is 1. The van der Waals surface area contributed by atoms with Crippen LogP contribution in [0.5, 0.6) is 5.88 Å². The number of nitrogens with zero attached hydrogens (tertiary/aromatic N) is 2. The molecule has 0 aliphatic rings. The van der Waals surface area contributed by atoms with Gasteiger partial charge < -0.3 is 10.1 Å². The maximum atomic E-state index is 6.10. The van der Waals surface area contributed by atoms with Crippen molar-refractivity contribution in [3.8, 4) is 5.88 Å². The van der Waals surface area contributed by atoms with E-state index in [-0.39, 0.29) is 0 Å². The van der Waals surface area contributed by atoms with Gasteiger partial charge in [-0.05, 0) is 24.1 Å². The number of hydrogen-bond donors (Lipinski definition) is 1. The van der Waals surface area contributed by atoms with E-state index in [0.29, 0.717) is 22.5 Å². The summed E-state index contributed by atoms with van der Waals surface area (Å²) < 4.78 is 5.02. The number of aromatic nitrogens is 2. The summed E-state index contributed by atoms with van der Waals surface area (Å²) in [6.45, 7) is 0.710. The molecule has 0 spiro atoms. The Hall–Kier alpha value is -1.52. The van der Waals surface area contributed by atoms with Gasteiger partial charge in [0, 0.05) is 22.7 Å². The van der Waals surface area contributed by atoms with Crippen LogP contribution in [0.25, 0.3) is 0 Å². The lowest BCUT2D eigenvalue weighted by Crippen LogP contribution is -2.07. The van der Waals surface area contributed by atoms with Crippen LogP contribution in [0.1, 0.15) is 5.56 Å². The largest absolute Gasteiger partial charge is 0.481 e. The molecule has 0 amide bonds. The minimum absolute atomic E-state index is 0.530. The average Bonchev–Trinajstić information content (AvgIpc) is 2.41. The average molecular weight is 298 g/mol. The van der Waals surface area contributed by atoms with Crippen molar-refractivity contribution in [1.29, 1.82) is 0 Å². The normalized spacial score (nSPS) is 10.3. The summed E-state index contributed by atoms with van der Waals surface area (Å²) in [5.74, 6) is 1.25. The Labute approximate surface area is 121 Å². The molecule has 1 aromatic carbocycles. The van der Waals surface area contributed by atoms with Crippen molar-refractivity contribution in [3.63, 3.8) is 0 Å². The first-order chi connectivity index (χ1) is 9.19. The molecule has 0 saturated heterocycles. The molecule has 0 fully saturated rings. The summed E-state index contributed by atoms with van der Waals surface area (Å²) in [4.78, 5) is 8.04. The minimum atomic E-state index is 0.530. The van der Waals surface area contributed by atoms with Crippen LogP contribution in [0.3, 0.4) is 0 Å². The zero-order valence-electron chi connectivity index (χ0n) is 10.4. The first-order valence-electron chi connectivity index (χ1n) is 5.73. The Kier molecular flexibility index (Phi) is 4.82. The Balaban J connectivity index is 1.92. The van der Waals surface area contributed by atoms with Crippen LogP contribution in [-0.2, 0) is 6.42 Å². The topological polar surface area (TPSA) is 47.0 Å². The van der Waals surface area contributed by atoms with E-state index >= 15 is 0 Å². The van der Waals surface area contributed by atoms with Crippen molar-refractivity contribution < 1.29 is 4.74 Å². The van der Waals surface area contributed by atoms with Gasteiger partial charge in [0.1, 0.15) is 12.1 Å². The van der Waals surface area contributed by atoms with E-state index < -0.39 is 0 Å². The number of hydrogen-bond acceptors (Lipinski definition) is 4. The lowest BCUT2D eigenvalue weighted by Gasteiger charge is -2.08. The highest BCUT2D eigenvalue weighted by Crippen LogP contribution is 2.21. The van der Waals surface area contributed by atoms with Gasteiger partial charge in [0.05, 0.1) is 7.11 Å². The Bertz CT molecular complexity index is 563. The summed E-state index contributed by atoms with van der Waals surface area (Å²) in [7, 11) is 1.57. The second-order valence-corrected chi connectivity index (χ2v) is 4.70. The number of anilines is 1.